The summed E-state index contributed by atoms with van der Waals surface area (Å²) in [7, 11) is 2.64. The molecular formula is C9H13N5O5. The van der Waals surface area contributed by atoms with Crippen LogP contribution in [0, 0.1) is 0 Å². The van der Waals surface area contributed by atoms with Gasteiger partial charge in [0.05, 0.1) is 6.54 Å². The van der Waals surface area contributed by atoms with Gasteiger partial charge in [-0.15, -0.1) is 5.10 Å². The molecule has 0 saturated carbocycles. The van der Waals surface area contributed by atoms with E-state index in [9.17, 15) is 19.2 Å². The first-order chi connectivity index (χ1) is 8.82. The summed E-state index contributed by atoms with van der Waals surface area (Å²) in [5.74, 6) is -1.96. The van der Waals surface area contributed by atoms with Crippen molar-refractivity contribution in [2.24, 2.45) is 14.1 Å². The van der Waals surface area contributed by atoms with Gasteiger partial charge in [0, 0.05) is 14.1 Å². The first-order valence-electron chi connectivity index (χ1n) is 5.19. The summed E-state index contributed by atoms with van der Waals surface area (Å²) in [5, 5.41) is 16.6. The van der Waals surface area contributed by atoms with E-state index in [2.05, 4.69) is 15.7 Å². The third-order valence-electron chi connectivity index (χ3n) is 2.17. The monoisotopic (exact) mass is 271 g/mol. The van der Waals surface area contributed by atoms with Crippen LogP contribution in [0.2, 0.25) is 0 Å². The molecule has 0 unspecified atom stereocenters. The van der Waals surface area contributed by atoms with Gasteiger partial charge in [0.25, 0.3) is 5.56 Å². The van der Waals surface area contributed by atoms with E-state index in [4.69, 9.17) is 5.11 Å². The Morgan fingerprint density at radius 1 is 1.26 bits per heavy atom. The molecule has 0 aliphatic carbocycles. The number of amides is 1. The topological polar surface area (TPSA) is 135 Å². The Labute approximate surface area is 106 Å². The molecule has 0 fully saturated rings. The van der Waals surface area contributed by atoms with Gasteiger partial charge in [-0.25, -0.2) is 9.48 Å². The molecule has 0 atom stereocenters. The first-order valence-corrected chi connectivity index (χ1v) is 5.19. The molecule has 0 saturated heterocycles. The van der Waals surface area contributed by atoms with E-state index in [1.54, 1.807) is 0 Å². The molecule has 0 aliphatic heterocycles. The number of carboxylic acids is 1. The van der Waals surface area contributed by atoms with Crippen LogP contribution >= 0.6 is 0 Å². The van der Waals surface area contributed by atoms with Crippen LogP contribution in [-0.4, -0.2) is 44.4 Å². The summed E-state index contributed by atoms with van der Waals surface area (Å²) in [6.45, 7) is -0.840. The highest BCUT2D eigenvalue weighted by atomic mass is 16.4. The lowest BCUT2D eigenvalue weighted by Crippen LogP contribution is -2.41. The van der Waals surface area contributed by atoms with Crippen molar-refractivity contribution in [3.8, 4) is 0 Å². The molecule has 1 heterocycles. The van der Waals surface area contributed by atoms with Crippen molar-refractivity contribution in [3.05, 3.63) is 20.8 Å². The fourth-order valence-corrected chi connectivity index (χ4v) is 1.21. The van der Waals surface area contributed by atoms with Crippen molar-refractivity contribution < 1.29 is 14.7 Å². The number of nitrogens with zero attached hydrogens (tertiary/aromatic N) is 3. The number of aromatic nitrogens is 3. The van der Waals surface area contributed by atoms with Crippen LogP contribution in [0.5, 0.6) is 0 Å². The van der Waals surface area contributed by atoms with Gasteiger partial charge in [0.15, 0.2) is 0 Å². The molecule has 10 nitrogen and oxygen atoms in total. The zero-order valence-corrected chi connectivity index (χ0v) is 10.3. The largest absolute Gasteiger partial charge is 0.480 e. The maximum atomic E-state index is 11.6. The number of carbonyl (C=O) groups excluding carboxylic acids is 1. The van der Waals surface area contributed by atoms with Gasteiger partial charge in [-0.1, -0.05) is 0 Å². The van der Waals surface area contributed by atoms with Crippen LogP contribution in [0.1, 0.15) is 0 Å². The molecule has 0 bridgehead atoms. The Kier molecular flexibility index (Phi) is 4.40. The lowest BCUT2D eigenvalue weighted by Gasteiger charge is -2.07. The van der Waals surface area contributed by atoms with E-state index < -0.39 is 29.7 Å². The Morgan fingerprint density at radius 2 is 1.89 bits per heavy atom. The summed E-state index contributed by atoms with van der Waals surface area (Å²) in [5.41, 5.74) is -1.26. The van der Waals surface area contributed by atoms with E-state index >= 15 is 0 Å². The number of aryl methyl sites for hydroxylation is 1. The van der Waals surface area contributed by atoms with E-state index in [0.29, 0.717) is 0 Å². The van der Waals surface area contributed by atoms with Gasteiger partial charge in [-0.3, -0.25) is 19.0 Å². The van der Waals surface area contributed by atoms with Gasteiger partial charge in [-0.2, -0.15) is 0 Å². The Bertz CT molecular complexity index is 616. The summed E-state index contributed by atoms with van der Waals surface area (Å²) < 4.78 is 1.78. The number of aliphatic carboxylic acids is 1. The molecule has 10 heteroatoms. The van der Waals surface area contributed by atoms with E-state index in [1.165, 1.54) is 14.1 Å². The minimum absolute atomic E-state index is 0.171. The quantitative estimate of drug-likeness (QED) is 0.522. The number of hydrogen-bond acceptors (Lipinski definition) is 6. The predicted octanol–water partition coefficient (Wildman–Crippen LogP) is -2.91. The predicted molar refractivity (Wildman–Crippen MR) is 63.9 cm³/mol. The normalized spacial score (nSPS) is 10.0. The number of carboxylic acid groups (broad SMARTS) is 1. The van der Waals surface area contributed by atoms with Crippen molar-refractivity contribution in [2.75, 3.05) is 18.4 Å². The minimum atomic E-state index is -1.18. The van der Waals surface area contributed by atoms with Crippen molar-refractivity contribution in [3.63, 3.8) is 0 Å². The molecule has 104 valence electrons. The molecular weight excluding hydrogens is 258 g/mol. The number of rotatable bonds is 5. The number of hydrogen-bond donors (Lipinski definition) is 3. The molecule has 1 amide bonds. The van der Waals surface area contributed by atoms with Gasteiger partial charge >= 0.3 is 11.7 Å². The lowest BCUT2D eigenvalue weighted by molar-refractivity contribution is -0.137. The van der Waals surface area contributed by atoms with E-state index in [-0.39, 0.29) is 12.4 Å². The van der Waals surface area contributed by atoms with E-state index in [0.717, 1.165) is 9.25 Å². The summed E-state index contributed by atoms with van der Waals surface area (Å²) in [6, 6.07) is 0. The second-order valence-corrected chi connectivity index (χ2v) is 3.64. The molecule has 1 aromatic rings. The zero-order valence-electron chi connectivity index (χ0n) is 10.3. The van der Waals surface area contributed by atoms with E-state index in [1.807, 2.05) is 0 Å². The second-order valence-electron chi connectivity index (χ2n) is 3.64. The fourth-order valence-electron chi connectivity index (χ4n) is 1.21. The van der Waals surface area contributed by atoms with Crippen LogP contribution in [0.3, 0.4) is 0 Å². The SMILES string of the molecule is Cn1nc(NCC(=O)NCC(=O)O)c(=O)n(C)c1=O. The molecule has 0 spiro atoms. The average Bonchev–Trinajstić information content (AvgIpc) is 2.36. The van der Waals surface area contributed by atoms with Crippen LogP contribution in [-0.2, 0) is 23.7 Å². The third-order valence-corrected chi connectivity index (χ3v) is 2.17. The highest BCUT2D eigenvalue weighted by Crippen LogP contribution is 1.87. The average molecular weight is 271 g/mol. The molecule has 1 aromatic heterocycles. The fraction of sp³-hybridized carbons (Fsp3) is 0.444. The van der Waals surface area contributed by atoms with Crippen LogP contribution < -0.4 is 21.9 Å². The van der Waals surface area contributed by atoms with Crippen molar-refractivity contribution in [1.82, 2.24) is 19.7 Å². The second kappa shape index (κ2) is 5.80. The van der Waals surface area contributed by atoms with Crippen molar-refractivity contribution in [1.29, 1.82) is 0 Å². The maximum absolute atomic E-state index is 11.6. The lowest BCUT2D eigenvalue weighted by atomic mass is 10.5. The first kappa shape index (κ1) is 14.4. The summed E-state index contributed by atoms with van der Waals surface area (Å²) >= 11 is 0. The molecule has 0 radical (unpaired) electrons. The van der Waals surface area contributed by atoms with Gasteiger partial charge in [0.1, 0.15) is 6.54 Å². The molecule has 3 N–H and O–H groups in total. The smallest absolute Gasteiger partial charge is 0.346 e. The van der Waals surface area contributed by atoms with Gasteiger partial charge in [0.2, 0.25) is 11.7 Å². The van der Waals surface area contributed by atoms with Crippen LogP contribution in [0.25, 0.3) is 0 Å². The third kappa shape index (κ3) is 3.66. The molecule has 1 rings (SSSR count). The van der Waals surface area contributed by atoms with Crippen LogP contribution in [0.4, 0.5) is 5.82 Å². The van der Waals surface area contributed by atoms with Crippen LogP contribution in [0.15, 0.2) is 9.59 Å². The molecule has 0 aliphatic rings. The summed E-state index contributed by atoms with van der Waals surface area (Å²) in [4.78, 5) is 44.4. The maximum Gasteiger partial charge on any atom is 0.346 e. The Hall–Kier alpha value is -2.65. The summed E-state index contributed by atoms with van der Waals surface area (Å²) in [6.07, 6.45) is 0. The Balaban J connectivity index is 2.74. The van der Waals surface area contributed by atoms with Crippen molar-refractivity contribution >= 4 is 17.7 Å². The van der Waals surface area contributed by atoms with Gasteiger partial charge in [-0.05, 0) is 0 Å². The molecule has 19 heavy (non-hydrogen) atoms. The zero-order chi connectivity index (χ0) is 14.6. The minimum Gasteiger partial charge on any atom is -0.480 e. The Morgan fingerprint density at radius 3 is 2.47 bits per heavy atom. The molecule has 0 aromatic carbocycles. The standard InChI is InChI=1S/C9H13N5O5/c1-13-8(18)7(12-14(2)9(13)19)11-3-5(15)10-4-6(16)17/h3-4H2,1-2H3,(H,10,15)(H,11,12)(H,16,17). The number of nitrogens with one attached hydrogen (secondary N) is 2. The number of carbonyl (C=O) groups is 2. The highest BCUT2D eigenvalue weighted by Gasteiger charge is 2.10. The number of anilines is 1. The highest BCUT2D eigenvalue weighted by molar-refractivity contribution is 5.84. The van der Waals surface area contributed by atoms with Gasteiger partial charge < -0.3 is 15.7 Å². The van der Waals surface area contributed by atoms with Crippen molar-refractivity contribution in [2.45, 2.75) is 0 Å².